The third-order valence-electron chi connectivity index (χ3n) is 2.76. The standard InChI is InChI=1S/C12H11F3N4O2/c13-12(14,15)9-5-7(1-2-8(9)6-16)11(21)10(20)3-4-18-19-17/h1-2,5,10-11,20-21H,3-4H2. The molecular formula is C12H11F3N4O2. The minimum Gasteiger partial charge on any atom is -0.390 e. The topological polar surface area (TPSA) is 113 Å². The number of nitrogens with zero attached hydrogens (tertiary/aromatic N) is 4. The van der Waals surface area contributed by atoms with Crippen LogP contribution in [0.3, 0.4) is 0 Å². The maximum Gasteiger partial charge on any atom is 0.417 e. The van der Waals surface area contributed by atoms with Crippen LogP contribution in [0.1, 0.15) is 29.2 Å². The highest BCUT2D eigenvalue weighted by atomic mass is 19.4. The van der Waals surface area contributed by atoms with Gasteiger partial charge in [0.25, 0.3) is 0 Å². The van der Waals surface area contributed by atoms with Crippen molar-refractivity contribution in [1.82, 2.24) is 0 Å². The molecule has 1 aromatic carbocycles. The smallest absolute Gasteiger partial charge is 0.390 e. The first-order chi connectivity index (χ1) is 9.81. The number of halogens is 3. The van der Waals surface area contributed by atoms with Gasteiger partial charge in [-0.3, -0.25) is 0 Å². The minimum absolute atomic E-state index is 0.100. The highest BCUT2D eigenvalue weighted by molar-refractivity contribution is 5.42. The summed E-state index contributed by atoms with van der Waals surface area (Å²) in [5.41, 5.74) is 6.16. The Morgan fingerprint density at radius 2 is 2.05 bits per heavy atom. The Morgan fingerprint density at radius 3 is 2.57 bits per heavy atom. The molecule has 0 saturated carbocycles. The molecular weight excluding hydrogens is 289 g/mol. The molecule has 0 bridgehead atoms. The SMILES string of the molecule is N#Cc1ccc(C(O)C(O)CCN=[N+]=[N-])cc1C(F)(F)F. The summed E-state index contributed by atoms with van der Waals surface area (Å²) in [5.74, 6) is 0. The molecule has 2 N–H and O–H groups in total. The lowest BCUT2D eigenvalue weighted by Crippen LogP contribution is -2.20. The van der Waals surface area contributed by atoms with Crippen LogP contribution in [-0.4, -0.2) is 22.9 Å². The van der Waals surface area contributed by atoms with E-state index in [4.69, 9.17) is 10.8 Å². The van der Waals surface area contributed by atoms with Gasteiger partial charge >= 0.3 is 6.18 Å². The number of benzene rings is 1. The fourth-order valence-electron chi connectivity index (χ4n) is 1.69. The number of azide groups is 1. The monoisotopic (exact) mass is 300 g/mol. The van der Waals surface area contributed by atoms with E-state index in [2.05, 4.69) is 10.0 Å². The Morgan fingerprint density at radius 1 is 1.38 bits per heavy atom. The molecule has 112 valence electrons. The van der Waals surface area contributed by atoms with Gasteiger partial charge in [0, 0.05) is 11.5 Å². The summed E-state index contributed by atoms with van der Waals surface area (Å²) in [6.07, 6.45) is -7.80. The number of alkyl halides is 3. The average Bonchev–Trinajstić information content (AvgIpc) is 2.45. The fourth-order valence-corrected chi connectivity index (χ4v) is 1.69. The lowest BCUT2D eigenvalue weighted by molar-refractivity contribution is -0.137. The molecule has 21 heavy (non-hydrogen) atoms. The average molecular weight is 300 g/mol. The lowest BCUT2D eigenvalue weighted by Gasteiger charge is -2.19. The summed E-state index contributed by atoms with van der Waals surface area (Å²) in [6, 6.07) is 4.11. The van der Waals surface area contributed by atoms with Gasteiger partial charge in [0.2, 0.25) is 0 Å². The molecule has 2 unspecified atom stereocenters. The third kappa shape index (κ3) is 4.36. The van der Waals surface area contributed by atoms with Crippen molar-refractivity contribution in [3.63, 3.8) is 0 Å². The molecule has 0 aliphatic carbocycles. The summed E-state index contributed by atoms with van der Waals surface area (Å²) in [7, 11) is 0. The van der Waals surface area contributed by atoms with E-state index in [-0.39, 0.29) is 18.5 Å². The normalized spacial score (nSPS) is 13.9. The van der Waals surface area contributed by atoms with E-state index in [1.165, 1.54) is 6.07 Å². The Labute approximate surface area is 117 Å². The summed E-state index contributed by atoms with van der Waals surface area (Å²) in [5, 5.41) is 31.3. The van der Waals surface area contributed by atoms with Crippen molar-refractivity contribution in [1.29, 1.82) is 5.26 Å². The molecule has 0 spiro atoms. The Bertz CT molecular complexity index is 591. The molecule has 1 aromatic rings. The number of aliphatic hydroxyl groups excluding tert-OH is 2. The lowest BCUT2D eigenvalue weighted by atomic mass is 9.97. The van der Waals surface area contributed by atoms with Gasteiger partial charge in [0.05, 0.1) is 23.3 Å². The summed E-state index contributed by atoms with van der Waals surface area (Å²) in [4.78, 5) is 2.46. The third-order valence-corrected chi connectivity index (χ3v) is 2.76. The molecule has 0 radical (unpaired) electrons. The Kier molecular flexibility index (Phi) is 5.55. The van der Waals surface area contributed by atoms with Gasteiger partial charge in [-0.15, -0.1) is 0 Å². The second-order valence-electron chi connectivity index (χ2n) is 4.17. The van der Waals surface area contributed by atoms with Crippen LogP contribution >= 0.6 is 0 Å². The van der Waals surface area contributed by atoms with Crippen LogP contribution in [0.25, 0.3) is 10.4 Å². The van der Waals surface area contributed by atoms with Crippen molar-refractivity contribution < 1.29 is 23.4 Å². The maximum atomic E-state index is 12.8. The molecule has 0 amide bonds. The first-order valence-corrected chi connectivity index (χ1v) is 5.79. The van der Waals surface area contributed by atoms with E-state index in [1.54, 1.807) is 0 Å². The van der Waals surface area contributed by atoms with Crippen molar-refractivity contribution in [2.45, 2.75) is 24.8 Å². The largest absolute Gasteiger partial charge is 0.417 e. The molecule has 0 aromatic heterocycles. The van der Waals surface area contributed by atoms with E-state index in [1.807, 2.05) is 0 Å². The van der Waals surface area contributed by atoms with Crippen LogP contribution in [0.4, 0.5) is 13.2 Å². The first kappa shape index (κ1) is 16.8. The van der Waals surface area contributed by atoms with Gasteiger partial charge in [-0.25, -0.2) is 0 Å². The van der Waals surface area contributed by atoms with Crippen molar-refractivity contribution in [2.24, 2.45) is 5.11 Å². The van der Waals surface area contributed by atoms with Crippen molar-refractivity contribution in [2.75, 3.05) is 6.54 Å². The van der Waals surface area contributed by atoms with Crippen molar-refractivity contribution in [3.05, 3.63) is 45.3 Å². The number of hydrogen-bond acceptors (Lipinski definition) is 4. The molecule has 0 aliphatic rings. The quantitative estimate of drug-likeness (QED) is 0.495. The number of hydrogen-bond donors (Lipinski definition) is 2. The van der Waals surface area contributed by atoms with Crippen molar-refractivity contribution in [3.8, 4) is 6.07 Å². The zero-order valence-electron chi connectivity index (χ0n) is 10.6. The van der Waals surface area contributed by atoms with E-state index in [0.29, 0.717) is 6.07 Å². The van der Waals surface area contributed by atoms with E-state index >= 15 is 0 Å². The summed E-state index contributed by atoms with van der Waals surface area (Å²) >= 11 is 0. The van der Waals surface area contributed by atoms with E-state index in [9.17, 15) is 23.4 Å². The van der Waals surface area contributed by atoms with Crippen LogP contribution < -0.4 is 0 Å². The minimum atomic E-state index is -4.74. The van der Waals surface area contributed by atoms with Crippen LogP contribution in [0.5, 0.6) is 0 Å². The number of aliphatic hydroxyl groups is 2. The van der Waals surface area contributed by atoms with E-state index in [0.717, 1.165) is 12.1 Å². The van der Waals surface area contributed by atoms with Gasteiger partial charge in [0.1, 0.15) is 6.10 Å². The van der Waals surface area contributed by atoms with Crippen molar-refractivity contribution >= 4 is 0 Å². The predicted octanol–water partition coefficient (Wildman–Crippen LogP) is 2.67. The van der Waals surface area contributed by atoms with Gasteiger partial charge in [-0.1, -0.05) is 11.2 Å². The zero-order valence-corrected chi connectivity index (χ0v) is 10.6. The second-order valence-corrected chi connectivity index (χ2v) is 4.17. The second kappa shape index (κ2) is 6.95. The molecule has 9 heteroatoms. The van der Waals surface area contributed by atoms with Crippen LogP contribution in [-0.2, 0) is 6.18 Å². The molecule has 0 aliphatic heterocycles. The summed E-state index contributed by atoms with van der Waals surface area (Å²) < 4.78 is 38.3. The molecule has 6 nitrogen and oxygen atoms in total. The van der Waals surface area contributed by atoms with Crippen LogP contribution in [0.2, 0.25) is 0 Å². The highest BCUT2D eigenvalue weighted by Crippen LogP contribution is 2.34. The molecule has 1 rings (SSSR count). The van der Waals surface area contributed by atoms with Gasteiger partial charge < -0.3 is 10.2 Å². The molecule has 2 atom stereocenters. The van der Waals surface area contributed by atoms with Crippen LogP contribution in [0.15, 0.2) is 23.3 Å². The molecule has 0 fully saturated rings. The number of rotatable bonds is 5. The van der Waals surface area contributed by atoms with Gasteiger partial charge in [-0.05, 0) is 29.6 Å². The zero-order chi connectivity index (χ0) is 16.0. The van der Waals surface area contributed by atoms with Crippen LogP contribution in [0, 0.1) is 11.3 Å². The Hall–Kier alpha value is -2.27. The Balaban J connectivity index is 3.03. The fraction of sp³-hybridized carbons (Fsp3) is 0.417. The summed E-state index contributed by atoms with van der Waals surface area (Å²) in [6.45, 7) is -0.100. The highest BCUT2D eigenvalue weighted by Gasteiger charge is 2.34. The van der Waals surface area contributed by atoms with Gasteiger partial charge in [-0.2, -0.15) is 18.4 Å². The maximum absolute atomic E-state index is 12.8. The molecule has 0 saturated heterocycles. The van der Waals surface area contributed by atoms with E-state index < -0.39 is 29.5 Å². The van der Waals surface area contributed by atoms with Gasteiger partial charge in [0.15, 0.2) is 0 Å². The molecule has 0 heterocycles. The first-order valence-electron chi connectivity index (χ1n) is 5.79. The predicted molar refractivity (Wildman–Crippen MR) is 65.8 cm³/mol. The number of nitriles is 1.